The van der Waals surface area contributed by atoms with E-state index in [2.05, 4.69) is 36.4 Å². The summed E-state index contributed by atoms with van der Waals surface area (Å²) in [6.07, 6.45) is 11.5. The van der Waals surface area contributed by atoms with E-state index in [9.17, 15) is 15.0 Å². The van der Waals surface area contributed by atoms with Gasteiger partial charge in [-0.3, -0.25) is 4.79 Å². The summed E-state index contributed by atoms with van der Waals surface area (Å²) in [6, 6.07) is 30.6. The molecule has 0 radical (unpaired) electrons. The summed E-state index contributed by atoms with van der Waals surface area (Å²) in [5.74, 6) is 0.384. The second-order valence-corrected chi connectivity index (χ2v) is 12.5. The lowest BCUT2D eigenvalue weighted by Crippen LogP contribution is -2.24. The summed E-state index contributed by atoms with van der Waals surface area (Å²) < 4.78 is 17.4. The number of ketones is 1. The molecule has 46 heavy (non-hydrogen) atoms. The minimum atomic E-state index is -0.0958. The van der Waals surface area contributed by atoms with E-state index < -0.39 is 0 Å². The molecule has 252 valence electrons. The van der Waals surface area contributed by atoms with E-state index in [0.29, 0.717) is 50.7 Å². The Kier molecular flexibility index (Phi) is 17.8. The number of ether oxygens (including phenoxy) is 3. The molecule has 0 unspecified atom stereocenters. The highest BCUT2D eigenvalue weighted by molar-refractivity contribution is 5.79. The van der Waals surface area contributed by atoms with Gasteiger partial charge in [0.2, 0.25) is 0 Å². The molecule has 0 heterocycles. The van der Waals surface area contributed by atoms with Crippen LogP contribution in [0.25, 0.3) is 0 Å². The maximum Gasteiger partial charge on any atom is 0.133 e. The molecule has 3 fully saturated rings. The Hall–Kier alpha value is -2.87. The number of benzene rings is 3. The fourth-order valence-electron chi connectivity index (χ4n) is 5.87. The first-order valence-corrected chi connectivity index (χ1v) is 16.9. The lowest BCUT2D eigenvalue weighted by atomic mass is 9.95. The van der Waals surface area contributed by atoms with Crippen LogP contribution in [-0.4, -0.2) is 46.5 Å². The van der Waals surface area contributed by atoms with Crippen molar-refractivity contribution < 1.29 is 29.2 Å². The molecule has 6 rings (SSSR count). The van der Waals surface area contributed by atoms with E-state index in [0.717, 1.165) is 64.2 Å². The minimum absolute atomic E-state index is 0. The van der Waals surface area contributed by atoms with Crippen molar-refractivity contribution in [1.82, 2.24) is 0 Å². The molecule has 6 nitrogen and oxygen atoms in total. The number of aliphatic hydroxyl groups excluding tert-OH is 2. The molecule has 0 aliphatic heterocycles. The van der Waals surface area contributed by atoms with Crippen LogP contribution in [0.2, 0.25) is 0 Å². The van der Waals surface area contributed by atoms with E-state index >= 15 is 0 Å². The smallest absolute Gasteiger partial charge is 0.133 e. The van der Waals surface area contributed by atoms with Gasteiger partial charge in [-0.05, 0) is 80.9 Å². The zero-order chi connectivity index (χ0) is 31.5. The first kappa shape index (κ1) is 37.6. The highest BCUT2D eigenvalue weighted by Gasteiger charge is 2.21. The third-order valence-electron chi connectivity index (χ3n) is 8.76. The molecule has 0 atom stereocenters. The number of Topliss-reactive ketones (excluding diaryl/α,β-unsaturated/α-hetero) is 1. The molecule has 3 aromatic rings. The standard InChI is InChI=1S/2C13H18O2.C13H16O2.CH4/c3*14-12-6-8-13(9-7-12)15-10-11-4-2-1-3-5-11;/h2*1-5,12-14H,6-10H2;1-5,13H,6-10H2;1H4. The van der Waals surface area contributed by atoms with Gasteiger partial charge in [0.1, 0.15) is 5.78 Å². The molecule has 0 amide bonds. The summed E-state index contributed by atoms with van der Waals surface area (Å²) in [4.78, 5) is 11.0. The third-order valence-corrected chi connectivity index (χ3v) is 8.76. The van der Waals surface area contributed by atoms with Crippen molar-refractivity contribution in [3.05, 3.63) is 108 Å². The number of hydrogen-bond donors (Lipinski definition) is 2. The van der Waals surface area contributed by atoms with Crippen LogP contribution >= 0.6 is 0 Å². The fourth-order valence-corrected chi connectivity index (χ4v) is 5.87. The summed E-state index contributed by atoms with van der Waals surface area (Å²) in [5.41, 5.74) is 3.65. The molecule has 0 spiro atoms. The van der Waals surface area contributed by atoms with Gasteiger partial charge in [-0.15, -0.1) is 0 Å². The summed E-state index contributed by atoms with van der Waals surface area (Å²) in [5, 5.41) is 18.7. The Balaban J connectivity index is 0.000000186. The summed E-state index contributed by atoms with van der Waals surface area (Å²) in [6.45, 7) is 2.06. The quantitative estimate of drug-likeness (QED) is 0.247. The molecule has 0 saturated heterocycles. The normalized spacial score (nSPS) is 23.1. The fraction of sp³-hybridized carbons (Fsp3) is 0.525. The number of rotatable bonds is 9. The van der Waals surface area contributed by atoms with Gasteiger partial charge in [0, 0.05) is 12.8 Å². The number of carbonyl (C=O) groups excluding carboxylic acids is 1. The lowest BCUT2D eigenvalue weighted by molar-refractivity contribution is -0.123. The van der Waals surface area contributed by atoms with Crippen molar-refractivity contribution in [1.29, 1.82) is 0 Å². The Morgan fingerprint density at radius 2 is 0.739 bits per heavy atom. The van der Waals surface area contributed by atoms with Crippen molar-refractivity contribution in [2.75, 3.05) is 0 Å². The van der Waals surface area contributed by atoms with Crippen LogP contribution < -0.4 is 0 Å². The van der Waals surface area contributed by atoms with E-state index in [1.54, 1.807) is 0 Å². The van der Waals surface area contributed by atoms with Crippen LogP contribution in [0.5, 0.6) is 0 Å². The third kappa shape index (κ3) is 15.1. The average Bonchev–Trinajstić information content (AvgIpc) is 3.09. The topological polar surface area (TPSA) is 85.2 Å². The van der Waals surface area contributed by atoms with E-state index in [1.807, 2.05) is 54.6 Å². The number of hydrogen-bond acceptors (Lipinski definition) is 6. The van der Waals surface area contributed by atoms with Gasteiger partial charge in [0.05, 0.1) is 50.3 Å². The first-order valence-electron chi connectivity index (χ1n) is 16.9. The SMILES string of the molecule is C.O=C1CCC(OCc2ccccc2)CC1.OC1CCC(OCc2ccccc2)CC1.OC1CCC(OCc2ccccc2)CC1. The molecular formula is C40H56O6. The van der Waals surface area contributed by atoms with Crippen LogP contribution in [0, 0.1) is 0 Å². The van der Waals surface area contributed by atoms with Crippen LogP contribution in [-0.2, 0) is 38.8 Å². The largest absolute Gasteiger partial charge is 0.393 e. The zero-order valence-electron chi connectivity index (χ0n) is 26.7. The monoisotopic (exact) mass is 632 g/mol. The number of carbonyl (C=O) groups is 1. The molecule has 0 aromatic heterocycles. The molecule has 3 aliphatic rings. The van der Waals surface area contributed by atoms with Crippen molar-refractivity contribution >= 4 is 5.78 Å². The van der Waals surface area contributed by atoms with Crippen molar-refractivity contribution in [3.8, 4) is 0 Å². The highest BCUT2D eigenvalue weighted by Crippen LogP contribution is 2.23. The Labute approximate surface area is 277 Å². The number of aliphatic hydroxyl groups is 2. The second-order valence-electron chi connectivity index (χ2n) is 12.5. The van der Waals surface area contributed by atoms with Gasteiger partial charge in [-0.1, -0.05) is 98.4 Å². The van der Waals surface area contributed by atoms with Gasteiger partial charge < -0.3 is 24.4 Å². The first-order chi connectivity index (χ1) is 22.0. The molecule has 6 heteroatoms. The second kappa shape index (κ2) is 21.8. The van der Waals surface area contributed by atoms with Gasteiger partial charge in [0.15, 0.2) is 0 Å². The Morgan fingerprint density at radius 3 is 1.04 bits per heavy atom. The van der Waals surface area contributed by atoms with Crippen molar-refractivity contribution in [3.63, 3.8) is 0 Å². The molecule has 2 N–H and O–H groups in total. The van der Waals surface area contributed by atoms with Gasteiger partial charge in [-0.2, -0.15) is 0 Å². The summed E-state index contributed by atoms with van der Waals surface area (Å²) >= 11 is 0. The maximum atomic E-state index is 11.0. The minimum Gasteiger partial charge on any atom is -0.393 e. The maximum absolute atomic E-state index is 11.0. The molecular weight excluding hydrogens is 576 g/mol. The van der Waals surface area contributed by atoms with E-state index in [1.165, 1.54) is 16.7 Å². The Bertz CT molecular complexity index is 1100. The van der Waals surface area contributed by atoms with E-state index in [4.69, 9.17) is 14.2 Å². The molecule has 3 aliphatic carbocycles. The van der Waals surface area contributed by atoms with Crippen LogP contribution in [0.4, 0.5) is 0 Å². The highest BCUT2D eigenvalue weighted by atomic mass is 16.5. The van der Waals surface area contributed by atoms with Crippen molar-refractivity contribution in [2.45, 2.75) is 135 Å². The summed E-state index contributed by atoms with van der Waals surface area (Å²) in [7, 11) is 0. The molecule has 0 bridgehead atoms. The van der Waals surface area contributed by atoms with Crippen LogP contribution in [0.3, 0.4) is 0 Å². The van der Waals surface area contributed by atoms with Gasteiger partial charge in [0.25, 0.3) is 0 Å². The Morgan fingerprint density at radius 1 is 0.457 bits per heavy atom. The van der Waals surface area contributed by atoms with Gasteiger partial charge in [-0.25, -0.2) is 0 Å². The van der Waals surface area contributed by atoms with Crippen LogP contribution in [0.1, 0.15) is 101 Å². The van der Waals surface area contributed by atoms with Crippen LogP contribution in [0.15, 0.2) is 91.0 Å². The average molecular weight is 633 g/mol. The van der Waals surface area contributed by atoms with Gasteiger partial charge >= 0.3 is 0 Å². The predicted octanol–water partition coefficient (Wildman–Crippen LogP) is 8.36. The predicted molar refractivity (Wildman–Crippen MR) is 184 cm³/mol. The lowest BCUT2D eigenvalue weighted by Gasteiger charge is -2.25. The van der Waals surface area contributed by atoms with E-state index in [-0.39, 0.29) is 25.7 Å². The molecule has 3 saturated carbocycles. The molecule has 3 aromatic carbocycles. The zero-order valence-corrected chi connectivity index (χ0v) is 26.7. The van der Waals surface area contributed by atoms with Crippen molar-refractivity contribution in [2.24, 2.45) is 0 Å².